The molecule has 0 aliphatic rings. The Bertz CT molecular complexity index is 919. The van der Waals surface area contributed by atoms with E-state index in [1.807, 2.05) is 0 Å². The zero-order valence-electron chi connectivity index (χ0n) is 16.8. The van der Waals surface area contributed by atoms with Crippen molar-refractivity contribution in [2.24, 2.45) is 0 Å². The molecule has 0 spiro atoms. The van der Waals surface area contributed by atoms with Crippen LogP contribution in [0, 0.1) is 0 Å². The largest absolute Gasteiger partial charge is 0.475 e. The fraction of sp³-hybridized carbons (Fsp3) is 0.182. The molecule has 0 bridgehead atoms. The summed E-state index contributed by atoms with van der Waals surface area (Å²) < 4.78 is 23.8. The first-order valence-corrected chi connectivity index (χ1v) is 12.9. The number of alkyl halides is 4. The van der Waals surface area contributed by atoms with Crippen molar-refractivity contribution in [3.8, 4) is 22.3 Å². The van der Waals surface area contributed by atoms with Crippen LogP contribution in [0.1, 0.15) is 0 Å². The van der Waals surface area contributed by atoms with Crippen LogP contribution in [-0.2, 0) is 18.1 Å². The van der Waals surface area contributed by atoms with Gasteiger partial charge in [-0.3, -0.25) is 13.6 Å². The topological polar surface area (TPSA) is 44.8 Å². The summed E-state index contributed by atoms with van der Waals surface area (Å²) in [5.41, 5.74) is 5.09. The van der Waals surface area contributed by atoms with Gasteiger partial charge in [0.05, 0.1) is 0 Å². The summed E-state index contributed by atoms with van der Waals surface area (Å²) in [4.78, 5) is 0. The molecule has 0 heterocycles. The SMILES string of the molecule is COP(=O)(OC)OC(Br)C(Cl)(Cl)Br.c1ccc(-c2ccccc2-c2ccccc2)cc1. The molecule has 0 aromatic heterocycles. The maximum Gasteiger partial charge on any atom is 0.475 e. The van der Waals surface area contributed by atoms with Crippen molar-refractivity contribution < 1.29 is 18.1 Å². The van der Waals surface area contributed by atoms with E-state index in [2.05, 4.69) is 126 Å². The predicted octanol–water partition coefficient (Wildman–Crippen LogP) is 8.67. The van der Waals surface area contributed by atoms with E-state index in [9.17, 15) is 4.57 Å². The number of benzene rings is 3. The van der Waals surface area contributed by atoms with E-state index in [1.54, 1.807) is 0 Å². The molecular formula is C22H21Br2Cl2O4P. The van der Waals surface area contributed by atoms with Crippen molar-refractivity contribution >= 4 is 62.9 Å². The molecular weight excluding hydrogens is 590 g/mol. The van der Waals surface area contributed by atoms with Crippen LogP contribution in [0.2, 0.25) is 0 Å². The molecule has 9 heteroatoms. The smallest absolute Gasteiger partial charge is 0.290 e. The van der Waals surface area contributed by atoms with Crippen LogP contribution in [-0.4, -0.2) is 22.5 Å². The number of hydrogen-bond donors (Lipinski definition) is 0. The Hall–Kier alpha value is -0.690. The maximum atomic E-state index is 11.4. The zero-order chi connectivity index (χ0) is 22.9. The Morgan fingerprint density at radius 2 is 1.13 bits per heavy atom. The second-order valence-corrected chi connectivity index (χ2v) is 12.3. The molecule has 166 valence electrons. The third kappa shape index (κ3) is 8.30. The van der Waals surface area contributed by atoms with Crippen molar-refractivity contribution in [2.45, 2.75) is 8.26 Å². The molecule has 0 aliphatic carbocycles. The third-order valence-electron chi connectivity index (χ3n) is 4.02. The molecule has 3 aromatic rings. The second-order valence-electron chi connectivity index (χ2n) is 6.05. The molecule has 3 rings (SSSR count). The van der Waals surface area contributed by atoms with E-state index < -0.39 is 16.1 Å². The van der Waals surface area contributed by atoms with E-state index in [0.29, 0.717) is 0 Å². The molecule has 3 aromatic carbocycles. The third-order valence-corrected chi connectivity index (χ3v) is 8.50. The van der Waals surface area contributed by atoms with Crippen LogP contribution in [0.25, 0.3) is 22.3 Å². The number of phosphoric acid groups is 1. The number of rotatable bonds is 7. The van der Waals surface area contributed by atoms with E-state index in [-0.39, 0.29) is 0 Å². The van der Waals surface area contributed by atoms with Gasteiger partial charge in [0.2, 0.25) is 3.24 Å². The van der Waals surface area contributed by atoms with Gasteiger partial charge in [0.15, 0.2) is 5.01 Å². The van der Waals surface area contributed by atoms with Gasteiger partial charge in [0, 0.05) is 14.2 Å². The lowest BCUT2D eigenvalue weighted by Crippen LogP contribution is -2.21. The minimum absolute atomic E-state index is 0.936. The Kier molecular flexibility index (Phi) is 10.7. The quantitative estimate of drug-likeness (QED) is 0.198. The van der Waals surface area contributed by atoms with Crippen LogP contribution in [0.3, 0.4) is 0 Å². The Labute approximate surface area is 209 Å². The molecule has 1 unspecified atom stereocenters. The van der Waals surface area contributed by atoms with Crippen molar-refractivity contribution in [1.29, 1.82) is 0 Å². The van der Waals surface area contributed by atoms with Crippen molar-refractivity contribution in [3.05, 3.63) is 84.9 Å². The summed E-state index contributed by atoms with van der Waals surface area (Å²) in [6.45, 7) is 0. The standard InChI is InChI=1S/C18H14.C4H7Br2Cl2O4P/c1-3-9-15(10-4-1)17-13-7-8-14-18(17)16-11-5-2-6-12-16;1-10-13(9,11-2)12-3(5)4(6,7)8/h1-14H;3H,1-2H3. The lowest BCUT2D eigenvalue weighted by Gasteiger charge is -2.22. The molecule has 0 radical (unpaired) electrons. The van der Waals surface area contributed by atoms with Crippen LogP contribution < -0.4 is 0 Å². The van der Waals surface area contributed by atoms with Crippen molar-refractivity contribution in [1.82, 2.24) is 0 Å². The lowest BCUT2D eigenvalue weighted by atomic mass is 9.95. The van der Waals surface area contributed by atoms with Gasteiger partial charge in [-0.25, -0.2) is 4.57 Å². The van der Waals surface area contributed by atoms with Gasteiger partial charge in [-0.15, -0.1) is 0 Å². The highest BCUT2D eigenvalue weighted by atomic mass is 79.9. The normalized spacial score (nSPS) is 12.6. The fourth-order valence-electron chi connectivity index (χ4n) is 2.56. The van der Waals surface area contributed by atoms with Crippen LogP contribution >= 0.6 is 62.9 Å². The van der Waals surface area contributed by atoms with Crippen LogP contribution in [0.5, 0.6) is 0 Å². The minimum Gasteiger partial charge on any atom is -0.290 e. The molecule has 0 saturated heterocycles. The molecule has 0 fully saturated rings. The summed E-state index contributed by atoms with van der Waals surface area (Å²) in [6, 6.07) is 29.6. The fourth-order valence-corrected chi connectivity index (χ4v) is 4.33. The highest BCUT2D eigenvalue weighted by molar-refractivity contribution is 9.13. The molecule has 31 heavy (non-hydrogen) atoms. The Balaban J connectivity index is 0.000000235. The summed E-state index contributed by atoms with van der Waals surface area (Å²) >= 11 is 17.0. The second kappa shape index (κ2) is 12.5. The van der Waals surface area contributed by atoms with Crippen molar-refractivity contribution in [3.63, 3.8) is 0 Å². The monoisotopic (exact) mass is 608 g/mol. The number of phosphoric ester groups is 1. The first-order chi connectivity index (χ1) is 14.7. The number of halogens is 4. The summed E-state index contributed by atoms with van der Waals surface area (Å²) in [5, 5.41) is -0.936. The molecule has 0 aliphatic heterocycles. The van der Waals surface area contributed by atoms with Gasteiger partial charge in [-0.05, 0) is 38.2 Å². The average molecular weight is 611 g/mol. The van der Waals surface area contributed by atoms with Gasteiger partial charge in [-0.1, -0.05) is 124 Å². The Morgan fingerprint density at radius 1 is 0.774 bits per heavy atom. The molecule has 4 nitrogen and oxygen atoms in total. The highest BCUT2D eigenvalue weighted by Gasteiger charge is 2.38. The molecule has 0 N–H and O–H groups in total. The zero-order valence-corrected chi connectivity index (χ0v) is 22.3. The minimum atomic E-state index is -3.58. The van der Waals surface area contributed by atoms with Gasteiger partial charge in [0.1, 0.15) is 0 Å². The van der Waals surface area contributed by atoms with E-state index in [0.717, 1.165) is 0 Å². The van der Waals surface area contributed by atoms with E-state index >= 15 is 0 Å². The first-order valence-electron chi connectivity index (χ1n) is 9.01. The van der Waals surface area contributed by atoms with Crippen molar-refractivity contribution in [2.75, 3.05) is 14.2 Å². The lowest BCUT2D eigenvalue weighted by molar-refractivity contribution is 0.146. The number of hydrogen-bond acceptors (Lipinski definition) is 4. The van der Waals surface area contributed by atoms with Gasteiger partial charge < -0.3 is 0 Å². The van der Waals surface area contributed by atoms with Crippen LogP contribution in [0.15, 0.2) is 84.9 Å². The van der Waals surface area contributed by atoms with Gasteiger partial charge in [-0.2, -0.15) is 0 Å². The molecule has 0 amide bonds. The summed E-state index contributed by atoms with van der Waals surface area (Å²) in [7, 11) is -1.21. The molecule has 1 atom stereocenters. The highest BCUT2D eigenvalue weighted by Crippen LogP contribution is 2.53. The van der Waals surface area contributed by atoms with Gasteiger partial charge >= 0.3 is 7.82 Å². The summed E-state index contributed by atoms with van der Waals surface area (Å²) in [5.74, 6) is 0. The van der Waals surface area contributed by atoms with Crippen LogP contribution in [0.4, 0.5) is 0 Å². The maximum absolute atomic E-state index is 11.4. The summed E-state index contributed by atoms with van der Waals surface area (Å²) in [6.07, 6.45) is 0. The molecule has 0 saturated carbocycles. The van der Waals surface area contributed by atoms with E-state index in [4.69, 9.17) is 27.7 Å². The van der Waals surface area contributed by atoms with Gasteiger partial charge in [0.25, 0.3) is 0 Å². The average Bonchev–Trinajstić information content (AvgIpc) is 2.80. The van der Waals surface area contributed by atoms with E-state index in [1.165, 1.54) is 36.5 Å². The predicted molar refractivity (Wildman–Crippen MR) is 136 cm³/mol. The Morgan fingerprint density at radius 3 is 1.45 bits per heavy atom. The first kappa shape index (κ1) is 26.6.